The molecule has 102 valence electrons. The van der Waals surface area contributed by atoms with E-state index in [1.54, 1.807) is 5.57 Å². The molecule has 0 spiro atoms. The van der Waals surface area contributed by atoms with Crippen molar-refractivity contribution in [3.05, 3.63) is 64.2 Å². The third-order valence-electron chi connectivity index (χ3n) is 4.48. The zero-order chi connectivity index (χ0) is 14.3. The number of allylic oxidation sites excluding steroid dienone is 1. The van der Waals surface area contributed by atoms with Gasteiger partial charge < -0.3 is 0 Å². The molecule has 0 N–H and O–H groups in total. The van der Waals surface area contributed by atoms with Crippen molar-refractivity contribution in [1.29, 1.82) is 0 Å². The first-order valence-corrected chi connectivity index (χ1v) is 7.46. The molecule has 1 aliphatic rings. The summed E-state index contributed by atoms with van der Waals surface area (Å²) in [5.74, 6) is 0.634. The Hall–Kier alpha value is -1.82. The van der Waals surface area contributed by atoms with E-state index in [9.17, 15) is 0 Å². The summed E-state index contributed by atoms with van der Waals surface area (Å²) >= 11 is 0. The van der Waals surface area contributed by atoms with Crippen molar-refractivity contribution in [2.75, 3.05) is 0 Å². The average molecular weight is 262 g/mol. The summed E-state index contributed by atoms with van der Waals surface area (Å²) in [5, 5.41) is 0. The maximum absolute atomic E-state index is 2.41. The molecule has 2 aromatic carbocycles. The van der Waals surface area contributed by atoms with E-state index >= 15 is 0 Å². The molecule has 3 rings (SSSR count). The summed E-state index contributed by atoms with van der Waals surface area (Å²) in [4.78, 5) is 0. The fourth-order valence-electron chi connectivity index (χ4n) is 2.93. The quantitative estimate of drug-likeness (QED) is 0.664. The van der Waals surface area contributed by atoms with Gasteiger partial charge in [0.25, 0.3) is 0 Å². The van der Waals surface area contributed by atoms with E-state index in [1.807, 2.05) is 0 Å². The highest BCUT2D eigenvalue weighted by molar-refractivity contribution is 5.81. The first-order valence-electron chi connectivity index (χ1n) is 7.46. The molecule has 0 amide bonds. The monoisotopic (exact) mass is 262 g/mol. The van der Waals surface area contributed by atoms with Crippen molar-refractivity contribution in [1.82, 2.24) is 0 Å². The minimum absolute atomic E-state index is 0.634. The second kappa shape index (κ2) is 4.94. The Morgan fingerprint density at radius 3 is 2.45 bits per heavy atom. The van der Waals surface area contributed by atoms with Crippen LogP contribution >= 0.6 is 0 Å². The van der Waals surface area contributed by atoms with Crippen LogP contribution in [-0.2, 0) is 6.42 Å². The van der Waals surface area contributed by atoms with Crippen molar-refractivity contribution in [3.8, 4) is 11.1 Å². The Bertz CT molecular complexity index is 687. The number of benzene rings is 2. The summed E-state index contributed by atoms with van der Waals surface area (Å²) < 4.78 is 0. The van der Waals surface area contributed by atoms with Crippen LogP contribution in [-0.4, -0.2) is 0 Å². The molecule has 0 heteroatoms. The van der Waals surface area contributed by atoms with E-state index in [2.05, 4.69) is 70.2 Å². The van der Waals surface area contributed by atoms with Crippen LogP contribution in [0.3, 0.4) is 0 Å². The lowest BCUT2D eigenvalue weighted by Gasteiger charge is -2.10. The van der Waals surface area contributed by atoms with Crippen molar-refractivity contribution in [2.45, 2.75) is 34.1 Å². The first-order chi connectivity index (χ1) is 9.56. The van der Waals surface area contributed by atoms with Gasteiger partial charge in [0.1, 0.15) is 0 Å². The predicted molar refractivity (Wildman–Crippen MR) is 87.9 cm³/mol. The number of hydrogen-bond acceptors (Lipinski definition) is 0. The third kappa shape index (κ3) is 2.20. The molecule has 0 saturated heterocycles. The first kappa shape index (κ1) is 13.2. The van der Waals surface area contributed by atoms with Crippen molar-refractivity contribution < 1.29 is 0 Å². The van der Waals surface area contributed by atoms with Gasteiger partial charge in [0.2, 0.25) is 0 Å². The zero-order valence-corrected chi connectivity index (χ0v) is 12.8. The Kier molecular flexibility index (Phi) is 3.25. The molecule has 20 heavy (non-hydrogen) atoms. The van der Waals surface area contributed by atoms with Crippen LogP contribution in [0.15, 0.2) is 42.0 Å². The molecule has 0 radical (unpaired) electrons. The largest absolute Gasteiger partial charge is 0.0626 e. The maximum Gasteiger partial charge on any atom is -0.00550 e. The summed E-state index contributed by atoms with van der Waals surface area (Å²) in [6.07, 6.45) is 3.52. The molecule has 0 aromatic heterocycles. The maximum atomic E-state index is 2.41. The molecule has 0 nitrogen and oxygen atoms in total. The third-order valence-corrected chi connectivity index (χ3v) is 4.48. The van der Waals surface area contributed by atoms with Crippen LogP contribution in [0.25, 0.3) is 17.2 Å². The average Bonchev–Trinajstić information content (AvgIpc) is 2.86. The molecule has 0 aliphatic heterocycles. The summed E-state index contributed by atoms with van der Waals surface area (Å²) in [6.45, 7) is 8.93. The minimum Gasteiger partial charge on any atom is -0.0626 e. The van der Waals surface area contributed by atoms with Gasteiger partial charge in [-0.25, -0.2) is 0 Å². The SMILES string of the molecule is Cc1ccc(-c2cccc3c2C=C(C(C)C)C3)cc1C. The highest BCUT2D eigenvalue weighted by Gasteiger charge is 2.18. The normalized spacial score (nSPS) is 13.6. The van der Waals surface area contributed by atoms with Crippen LogP contribution < -0.4 is 0 Å². The van der Waals surface area contributed by atoms with Crippen LogP contribution in [0.4, 0.5) is 0 Å². The highest BCUT2D eigenvalue weighted by atomic mass is 14.2. The second-order valence-corrected chi connectivity index (χ2v) is 6.23. The van der Waals surface area contributed by atoms with Gasteiger partial charge in [-0.1, -0.05) is 61.9 Å². The highest BCUT2D eigenvalue weighted by Crippen LogP contribution is 2.36. The molecule has 0 unspecified atom stereocenters. The van der Waals surface area contributed by atoms with Gasteiger partial charge >= 0.3 is 0 Å². The molecule has 0 bridgehead atoms. The van der Waals surface area contributed by atoms with Gasteiger partial charge in [-0.05, 0) is 59.6 Å². The zero-order valence-electron chi connectivity index (χ0n) is 12.8. The topological polar surface area (TPSA) is 0 Å². The molecular weight excluding hydrogens is 240 g/mol. The van der Waals surface area contributed by atoms with Gasteiger partial charge in [-0.3, -0.25) is 0 Å². The fraction of sp³-hybridized carbons (Fsp3) is 0.300. The van der Waals surface area contributed by atoms with Gasteiger partial charge in [0.15, 0.2) is 0 Å². The molecule has 0 atom stereocenters. The molecule has 2 aromatic rings. The smallest absolute Gasteiger partial charge is 0.00550 e. The lowest BCUT2D eigenvalue weighted by Crippen LogP contribution is -1.93. The Morgan fingerprint density at radius 2 is 1.75 bits per heavy atom. The van der Waals surface area contributed by atoms with E-state index in [0.717, 1.165) is 6.42 Å². The fourth-order valence-corrected chi connectivity index (χ4v) is 2.93. The van der Waals surface area contributed by atoms with Gasteiger partial charge in [-0.15, -0.1) is 0 Å². The van der Waals surface area contributed by atoms with Crippen molar-refractivity contribution >= 4 is 6.08 Å². The Balaban J connectivity index is 2.12. The van der Waals surface area contributed by atoms with Crippen molar-refractivity contribution in [2.24, 2.45) is 5.92 Å². The number of rotatable bonds is 2. The molecular formula is C20H22. The van der Waals surface area contributed by atoms with E-state index in [1.165, 1.54) is 33.4 Å². The molecule has 0 fully saturated rings. The molecule has 0 saturated carbocycles. The number of hydrogen-bond donors (Lipinski definition) is 0. The Labute approximate surface area is 122 Å². The van der Waals surface area contributed by atoms with E-state index < -0.39 is 0 Å². The van der Waals surface area contributed by atoms with Gasteiger partial charge in [0, 0.05) is 0 Å². The van der Waals surface area contributed by atoms with E-state index in [4.69, 9.17) is 0 Å². The summed E-state index contributed by atoms with van der Waals surface area (Å²) in [6, 6.07) is 13.5. The summed E-state index contributed by atoms with van der Waals surface area (Å²) in [7, 11) is 0. The Morgan fingerprint density at radius 1 is 0.950 bits per heavy atom. The predicted octanol–water partition coefficient (Wildman–Crippen LogP) is 5.57. The van der Waals surface area contributed by atoms with Crippen molar-refractivity contribution in [3.63, 3.8) is 0 Å². The van der Waals surface area contributed by atoms with Crippen LogP contribution in [0.2, 0.25) is 0 Å². The molecule has 0 heterocycles. The lowest BCUT2D eigenvalue weighted by atomic mass is 9.95. The second-order valence-electron chi connectivity index (χ2n) is 6.23. The van der Waals surface area contributed by atoms with Gasteiger partial charge in [-0.2, -0.15) is 0 Å². The minimum atomic E-state index is 0.634. The number of fused-ring (bicyclic) bond motifs is 1. The lowest BCUT2D eigenvalue weighted by molar-refractivity contribution is 0.754. The summed E-state index contributed by atoms with van der Waals surface area (Å²) in [5.41, 5.74) is 9.90. The van der Waals surface area contributed by atoms with Crippen LogP contribution in [0, 0.1) is 19.8 Å². The van der Waals surface area contributed by atoms with Gasteiger partial charge in [0.05, 0.1) is 0 Å². The number of aryl methyl sites for hydroxylation is 2. The van der Waals surface area contributed by atoms with E-state index in [-0.39, 0.29) is 0 Å². The molecule has 1 aliphatic carbocycles. The standard InChI is InChI=1S/C20H22/c1-13(2)18-11-16-6-5-7-19(20(16)12-18)17-9-8-14(3)15(4)10-17/h5-10,12-13H,11H2,1-4H3. The van der Waals surface area contributed by atoms with Crippen LogP contribution in [0.1, 0.15) is 36.1 Å². The van der Waals surface area contributed by atoms with E-state index in [0.29, 0.717) is 5.92 Å². The van der Waals surface area contributed by atoms with Crippen LogP contribution in [0.5, 0.6) is 0 Å².